The SMILES string of the molecule is CCn1cc(S(=O)(=O)Nc2ccncc2F)cc1CN. The lowest BCUT2D eigenvalue weighted by atomic mass is 10.4. The van der Waals surface area contributed by atoms with Gasteiger partial charge in [0.25, 0.3) is 10.0 Å². The third-order valence-corrected chi connectivity index (χ3v) is 4.17. The van der Waals surface area contributed by atoms with Crippen LogP contribution in [0.4, 0.5) is 10.1 Å². The standard InChI is InChI=1S/C12H15FN4O2S/c1-2-17-8-10(5-9(17)6-14)20(18,19)16-12-3-4-15-7-11(12)13/h3-5,7-8H,2,6,14H2,1H3,(H,15,16). The number of anilines is 1. The Hall–Kier alpha value is -1.93. The van der Waals surface area contributed by atoms with Crippen LogP contribution in [0.1, 0.15) is 12.6 Å². The van der Waals surface area contributed by atoms with Gasteiger partial charge in [-0.05, 0) is 19.1 Å². The number of sulfonamides is 1. The van der Waals surface area contributed by atoms with E-state index in [1.165, 1.54) is 24.5 Å². The molecule has 0 spiro atoms. The van der Waals surface area contributed by atoms with Gasteiger partial charge in [-0.25, -0.2) is 12.8 Å². The van der Waals surface area contributed by atoms with Crippen molar-refractivity contribution in [3.05, 3.63) is 42.2 Å². The van der Waals surface area contributed by atoms with Crippen LogP contribution >= 0.6 is 0 Å². The Morgan fingerprint density at radius 1 is 1.50 bits per heavy atom. The zero-order valence-corrected chi connectivity index (χ0v) is 11.7. The van der Waals surface area contributed by atoms with Crippen LogP contribution in [0.5, 0.6) is 0 Å². The fourth-order valence-corrected chi connectivity index (χ4v) is 2.93. The number of hydrogen-bond acceptors (Lipinski definition) is 4. The van der Waals surface area contributed by atoms with E-state index in [-0.39, 0.29) is 17.1 Å². The van der Waals surface area contributed by atoms with Crippen molar-refractivity contribution in [1.82, 2.24) is 9.55 Å². The summed E-state index contributed by atoms with van der Waals surface area (Å²) in [6.07, 6.45) is 3.73. The predicted molar refractivity (Wildman–Crippen MR) is 73.0 cm³/mol. The summed E-state index contributed by atoms with van der Waals surface area (Å²) in [5.41, 5.74) is 6.11. The van der Waals surface area contributed by atoms with E-state index in [9.17, 15) is 12.8 Å². The number of nitrogens with one attached hydrogen (secondary N) is 1. The Morgan fingerprint density at radius 2 is 2.25 bits per heavy atom. The molecule has 2 aromatic rings. The molecule has 2 heterocycles. The van der Waals surface area contributed by atoms with Crippen molar-refractivity contribution in [3.8, 4) is 0 Å². The quantitative estimate of drug-likeness (QED) is 0.870. The summed E-state index contributed by atoms with van der Waals surface area (Å²) in [7, 11) is -3.85. The number of pyridine rings is 1. The molecule has 0 bridgehead atoms. The molecule has 0 aromatic carbocycles. The van der Waals surface area contributed by atoms with Crippen LogP contribution in [-0.2, 0) is 23.1 Å². The summed E-state index contributed by atoms with van der Waals surface area (Å²) in [5.74, 6) is -0.731. The minimum Gasteiger partial charge on any atom is -0.349 e. The summed E-state index contributed by atoms with van der Waals surface area (Å²) in [6, 6.07) is 2.73. The third-order valence-electron chi connectivity index (χ3n) is 2.84. The zero-order valence-electron chi connectivity index (χ0n) is 10.9. The van der Waals surface area contributed by atoms with Crippen molar-refractivity contribution >= 4 is 15.7 Å². The van der Waals surface area contributed by atoms with E-state index in [0.29, 0.717) is 12.2 Å². The number of nitrogens with zero attached hydrogens (tertiary/aromatic N) is 2. The molecule has 108 valence electrons. The van der Waals surface area contributed by atoms with E-state index in [2.05, 4.69) is 9.71 Å². The van der Waals surface area contributed by atoms with Crippen LogP contribution < -0.4 is 10.5 Å². The molecule has 2 rings (SSSR count). The molecular formula is C12H15FN4O2S. The second kappa shape index (κ2) is 5.59. The molecule has 3 N–H and O–H groups in total. The van der Waals surface area contributed by atoms with E-state index in [0.717, 1.165) is 6.20 Å². The van der Waals surface area contributed by atoms with Crippen LogP contribution in [0.3, 0.4) is 0 Å². The molecule has 8 heteroatoms. The molecule has 0 saturated heterocycles. The van der Waals surface area contributed by atoms with Gasteiger partial charge >= 0.3 is 0 Å². The molecule has 0 atom stereocenters. The lowest BCUT2D eigenvalue weighted by molar-refractivity contribution is 0.597. The van der Waals surface area contributed by atoms with Crippen LogP contribution in [0, 0.1) is 5.82 Å². The Bertz CT molecular complexity index is 690. The molecule has 0 unspecified atom stereocenters. The van der Waals surface area contributed by atoms with Gasteiger partial charge in [-0.15, -0.1) is 0 Å². The molecule has 6 nitrogen and oxygen atoms in total. The molecule has 0 aliphatic carbocycles. The molecule has 0 saturated carbocycles. The van der Waals surface area contributed by atoms with Crippen molar-refractivity contribution in [2.45, 2.75) is 24.9 Å². The normalized spacial score (nSPS) is 11.6. The molecule has 2 aromatic heterocycles. The van der Waals surface area contributed by atoms with Gasteiger partial charge in [0.1, 0.15) is 4.90 Å². The second-order valence-corrected chi connectivity index (χ2v) is 5.80. The molecule has 20 heavy (non-hydrogen) atoms. The lowest BCUT2D eigenvalue weighted by Crippen LogP contribution is -2.13. The molecule has 0 amide bonds. The van der Waals surface area contributed by atoms with Crippen molar-refractivity contribution in [2.24, 2.45) is 5.73 Å². The highest BCUT2D eigenvalue weighted by atomic mass is 32.2. The maximum absolute atomic E-state index is 13.4. The van der Waals surface area contributed by atoms with E-state index in [1.54, 1.807) is 4.57 Å². The van der Waals surface area contributed by atoms with Crippen molar-refractivity contribution in [2.75, 3.05) is 4.72 Å². The van der Waals surface area contributed by atoms with Crippen LogP contribution in [0.25, 0.3) is 0 Å². The highest BCUT2D eigenvalue weighted by Crippen LogP contribution is 2.20. The van der Waals surface area contributed by atoms with Crippen LogP contribution in [-0.4, -0.2) is 18.0 Å². The molecule has 0 aliphatic rings. The fraction of sp³-hybridized carbons (Fsp3) is 0.250. The van der Waals surface area contributed by atoms with Crippen molar-refractivity contribution in [1.29, 1.82) is 0 Å². The van der Waals surface area contributed by atoms with E-state index in [1.807, 2.05) is 6.92 Å². The zero-order chi connectivity index (χ0) is 14.8. The Kier molecular flexibility index (Phi) is 4.05. The molecule has 0 radical (unpaired) electrons. The highest BCUT2D eigenvalue weighted by Gasteiger charge is 2.19. The number of nitrogens with two attached hydrogens (primary N) is 1. The monoisotopic (exact) mass is 298 g/mol. The number of halogens is 1. The van der Waals surface area contributed by atoms with Gasteiger partial charge in [0.05, 0.1) is 11.9 Å². The van der Waals surface area contributed by atoms with Gasteiger partial charge in [0.2, 0.25) is 0 Å². The first-order valence-corrected chi connectivity index (χ1v) is 7.47. The first-order valence-electron chi connectivity index (χ1n) is 5.99. The molecule has 0 fully saturated rings. The summed E-state index contributed by atoms with van der Waals surface area (Å²) in [5, 5.41) is 0. The fourth-order valence-electron chi connectivity index (χ4n) is 1.80. The highest BCUT2D eigenvalue weighted by molar-refractivity contribution is 7.92. The maximum Gasteiger partial charge on any atom is 0.263 e. The Balaban J connectivity index is 2.36. The summed E-state index contributed by atoms with van der Waals surface area (Å²) in [4.78, 5) is 3.61. The van der Waals surface area contributed by atoms with Gasteiger partial charge in [0, 0.05) is 31.2 Å². The predicted octanol–water partition coefficient (Wildman–Crippen LogP) is 1.30. The maximum atomic E-state index is 13.4. The van der Waals surface area contributed by atoms with Gasteiger partial charge in [-0.1, -0.05) is 0 Å². The largest absolute Gasteiger partial charge is 0.349 e. The van der Waals surface area contributed by atoms with Crippen LogP contribution in [0.15, 0.2) is 35.6 Å². The number of aryl methyl sites for hydroxylation is 1. The minimum atomic E-state index is -3.85. The van der Waals surface area contributed by atoms with E-state index in [4.69, 9.17) is 5.73 Å². The van der Waals surface area contributed by atoms with Crippen molar-refractivity contribution < 1.29 is 12.8 Å². The van der Waals surface area contributed by atoms with E-state index < -0.39 is 15.8 Å². The molecule has 0 aliphatic heterocycles. The van der Waals surface area contributed by atoms with Crippen LogP contribution in [0.2, 0.25) is 0 Å². The topological polar surface area (TPSA) is 90.0 Å². The average molecular weight is 298 g/mol. The first kappa shape index (κ1) is 14.5. The van der Waals surface area contributed by atoms with E-state index >= 15 is 0 Å². The number of aromatic nitrogens is 2. The Labute approximate surface area is 116 Å². The average Bonchev–Trinajstić information content (AvgIpc) is 2.85. The number of rotatable bonds is 5. The summed E-state index contributed by atoms with van der Waals surface area (Å²) >= 11 is 0. The van der Waals surface area contributed by atoms with Gasteiger partial charge in [-0.2, -0.15) is 0 Å². The first-order chi connectivity index (χ1) is 9.47. The van der Waals surface area contributed by atoms with Gasteiger partial charge < -0.3 is 10.3 Å². The van der Waals surface area contributed by atoms with Crippen molar-refractivity contribution in [3.63, 3.8) is 0 Å². The minimum absolute atomic E-state index is 0.0519. The summed E-state index contributed by atoms with van der Waals surface area (Å²) < 4.78 is 41.8. The van der Waals surface area contributed by atoms with Gasteiger partial charge in [-0.3, -0.25) is 9.71 Å². The smallest absolute Gasteiger partial charge is 0.263 e. The van der Waals surface area contributed by atoms with Gasteiger partial charge in [0.15, 0.2) is 5.82 Å². The Morgan fingerprint density at radius 3 is 2.80 bits per heavy atom. The molecular weight excluding hydrogens is 283 g/mol. The number of hydrogen-bond donors (Lipinski definition) is 2. The lowest BCUT2D eigenvalue weighted by Gasteiger charge is -2.06. The summed E-state index contributed by atoms with van der Waals surface area (Å²) in [6.45, 7) is 2.71. The third kappa shape index (κ3) is 2.81. The second-order valence-electron chi connectivity index (χ2n) is 4.12.